The predicted molar refractivity (Wildman–Crippen MR) is 103 cm³/mol. The van der Waals surface area contributed by atoms with Gasteiger partial charge in [0, 0.05) is 24.8 Å². The number of ether oxygens (including phenoxy) is 2. The maximum absolute atomic E-state index is 13.6. The summed E-state index contributed by atoms with van der Waals surface area (Å²) in [4.78, 5) is 29.2. The van der Waals surface area contributed by atoms with Gasteiger partial charge in [-0.3, -0.25) is 0 Å². The molecule has 154 valence electrons. The van der Waals surface area contributed by atoms with Crippen LogP contribution in [0.15, 0.2) is 24.4 Å². The number of hydroxylamine groups is 2. The minimum Gasteiger partial charge on any atom is -0.379 e. The number of halogens is 2. The lowest BCUT2D eigenvalue weighted by molar-refractivity contribution is -0.150. The monoisotopic (exact) mass is 422 g/mol. The van der Waals surface area contributed by atoms with E-state index in [0.29, 0.717) is 69.8 Å². The van der Waals surface area contributed by atoms with Gasteiger partial charge in [-0.15, -0.1) is 5.06 Å². The molecular formula is C19H20ClFN4O4. The molecule has 0 bridgehead atoms. The zero-order chi connectivity index (χ0) is 20.2. The molecule has 2 aliphatic rings. The normalized spacial score (nSPS) is 17.9. The van der Waals surface area contributed by atoms with Gasteiger partial charge in [0.15, 0.2) is 0 Å². The zero-order valence-corrected chi connectivity index (χ0v) is 16.4. The van der Waals surface area contributed by atoms with Crippen molar-refractivity contribution in [2.24, 2.45) is 0 Å². The molecule has 10 heteroatoms. The third-order valence-electron chi connectivity index (χ3n) is 4.66. The summed E-state index contributed by atoms with van der Waals surface area (Å²) in [6, 6.07) is 3.95. The van der Waals surface area contributed by atoms with Crippen LogP contribution in [0, 0.1) is 5.82 Å². The van der Waals surface area contributed by atoms with Gasteiger partial charge in [-0.25, -0.2) is 19.2 Å². The highest BCUT2D eigenvalue weighted by atomic mass is 35.5. The minimum absolute atomic E-state index is 0.150. The first-order chi connectivity index (χ1) is 14.1. The SMILES string of the molecule is O=C(ON1CCOCC1)c1cnc(N2CCOCC2)nc1-c1ccc(F)cc1Cl. The van der Waals surface area contributed by atoms with Crippen molar-refractivity contribution >= 4 is 23.5 Å². The van der Waals surface area contributed by atoms with E-state index in [9.17, 15) is 9.18 Å². The van der Waals surface area contributed by atoms with Crippen molar-refractivity contribution in [3.63, 3.8) is 0 Å². The molecule has 29 heavy (non-hydrogen) atoms. The van der Waals surface area contributed by atoms with Crippen molar-refractivity contribution in [3.8, 4) is 11.3 Å². The van der Waals surface area contributed by atoms with Crippen LogP contribution in [0.25, 0.3) is 11.3 Å². The van der Waals surface area contributed by atoms with Crippen molar-refractivity contribution < 1.29 is 23.5 Å². The molecule has 8 nitrogen and oxygen atoms in total. The lowest BCUT2D eigenvalue weighted by Crippen LogP contribution is -2.38. The standard InChI is InChI=1S/C19H20ClFN4O4/c20-16-11-13(21)1-2-14(16)17-15(18(26)29-25-5-9-28-10-6-25)12-22-19(23-17)24-3-7-27-8-4-24/h1-2,11-12H,3-10H2. The highest BCUT2D eigenvalue weighted by Crippen LogP contribution is 2.31. The summed E-state index contributed by atoms with van der Waals surface area (Å²) in [5.74, 6) is -0.624. The van der Waals surface area contributed by atoms with Crippen LogP contribution in [0.4, 0.5) is 10.3 Å². The summed E-state index contributed by atoms with van der Waals surface area (Å²) in [5, 5.41) is 1.69. The Kier molecular flexibility index (Phi) is 6.19. The Labute approximate surface area is 172 Å². The van der Waals surface area contributed by atoms with E-state index in [1.807, 2.05) is 4.90 Å². The van der Waals surface area contributed by atoms with Gasteiger partial charge in [0.05, 0.1) is 50.2 Å². The lowest BCUT2D eigenvalue weighted by Gasteiger charge is -2.28. The molecule has 2 saturated heterocycles. The molecule has 0 unspecified atom stereocenters. The van der Waals surface area contributed by atoms with Gasteiger partial charge in [0.2, 0.25) is 5.95 Å². The van der Waals surface area contributed by atoms with Crippen LogP contribution in [0.5, 0.6) is 0 Å². The van der Waals surface area contributed by atoms with Crippen LogP contribution in [-0.4, -0.2) is 73.6 Å². The Hall–Kier alpha value is -2.33. The molecule has 1 aromatic heterocycles. The fourth-order valence-corrected chi connectivity index (χ4v) is 3.39. The Balaban J connectivity index is 1.69. The van der Waals surface area contributed by atoms with E-state index in [-0.39, 0.29) is 10.6 Å². The van der Waals surface area contributed by atoms with Crippen LogP contribution in [0.3, 0.4) is 0 Å². The predicted octanol–water partition coefficient (Wildman–Crippen LogP) is 2.18. The van der Waals surface area contributed by atoms with Crippen LogP contribution in [0.2, 0.25) is 5.02 Å². The van der Waals surface area contributed by atoms with E-state index in [0.717, 1.165) is 0 Å². The molecule has 0 N–H and O–H groups in total. The maximum Gasteiger partial charge on any atom is 0.360 e. The number of rotatable bonds is 4. The van der Waals surface area contributed by atoms with Crippen LogP contribution >= 0.6 is 11.6 Å². The molecule has 4 rings (SSSR count). The summed E-state index contributed by atoms with van der Waals surface area (Å²) < 4.78 is 24.2. The molecule has 1 aromatic carbocycles. The Morgan fingerprint density at radius 1 is 1.10 bits per heavy atom. The van der Waals surface area contributed by atoms with E-state index >= 15 is 0 Å². The van der Waals surface area contributed by atoms with Crippen molar-refractivity contribution in [3.05, 3.63) is 40.8 Å². The molecule has 0 aliphatic carbocycles. The second-order valence-corrected chi connectivity index (χ2v) is 6.98. The molecule has 2 aromatic rings. The summed E-state index contributed by atoms with van der Waals surface area (Å²) in [5.41, 5.74) is 0.880. The first kappa shape index (κ1) is 20.0. The molecular weight excluding hydrogens is 403 g/mol. The van der Waals surface area contributed by atoms with Crippen molar-refractivity contribution in [1.82, 2.24) is 15.0 Å². The van der Waals surface area contributed by atoms with E-state index in [2.05, 4.69) is 9.97 Å². The average Bonchev–Trinajstić information content (AvgIpc) is 2.75. The topological polar surface area (TPSA) is 77.0 Å². The molecule has 0 amide bonds. The number of hydrogen-bond donors (Lipinski definition) is 0. The van der Waals surface area contributed by atoms with Gasteiger partial charge in [-0.1, -0.05) is 11.6 Å². The molecule has 0 saturated carbocycles. The lowest BCUT2D eigenvalue weighted by atomic mass is 10.1. The number of benzene rings is 1. The van der Waals surface area contributed by atoms with Gasteiger partial charge in [0.1, 0.15) is 11.4 Å². The van der Waals surface area contributed by atoms with Gasteiger partial charge in [0.25, 0.3) is 0 Å². The van der Waals surface area contributed by atoms with E-state index < -0.39 is 11.8 Å². The Morgan fingerprint density at radius 3 is 2.48 bits per heavy atom. The average molecular weight is 423 g/mol. The highest BCUT2D eigenvalue weighted by Gasteiger charge is 2.25. The van der Waals surface area contributed by atoms with Crippen molar-refractivity contribution in [1.29, 1.82) is 0 Å². The fourth-order valence-electron chi connectivity index (χ4n) is 3.13. The van der Waals surface area contributed by atoms with Crippen LogP contribution < -0.4 is 4.90 Å². The molecule has 2 fully saturated rings. The summed E-state index contributed by atoms with van der Waals surface area (Å²) >= 11 is 6.26. The number of carbonyl (C=O) groups is 1. The van der Waals surface area contributed by atoms with Crippen molar-refractivity contribution in [2.45, 2.75) is 0 Å². The Morgan fingerprint density at radius 2 is 1.79 bits per heavy atom. The van der Waals surface area contributed by atoms with Gasteiger partial charge < -0.3 is 19.2 Å². The third kappa shape index (κ3) is 4.64. The summed E-state index contributed by atoms with van der Waals surface area (Å²) in [7, 11) is 0. The first-order valence-corrected chi connectivity index (χ1v) is 9.70. The molecule has 2 aliphatic heterocycles. The quantitative estimate of drug-likeness (QED) is 0.742. The zero-order valence-electron chi connectivity index (χ0n) is 15.6. The molecule has 3 heterocycles. The third-order valence-corrected chi connectivity index (χ3v) is 4.97. The Bertz CT molecular complexity index is 889. The van der Waals surface area contributed by atoms with Crippen LogP contribution in [0.1, 0.15) is 10.4 Å². The van der Waals surface area contributed by atoms with Gasteiger partial charge in [-0.05, 0) is 18.2 Å². The number of aromatic nitrogens is 2. The number of anilines is 1. The minimum atomic E-state index is -0.601. The number of hydrogen-bond acceptors (Lipinski definition) is 8. The first-order valence-electron chi connectivity index (χ1n) is 9.32. The second-order valence-electron chi connectivity index (χ2n) is 6.58. The summed E-state index contributed by atoms with van der Waals surface area (Å²) in [6.07, 6.45) is 1.43. The summed E-state index contributed by atoms with van der Waals surface area (Å²) in [6.45, 7) is 4.32. The molecule has 0 atom stereocenters. The number of morpholine rings is 2. The fraction of sp³-hybridized carbons (Fsp3) is 0.421. The van der Waals surface area contributed by atoms with E-state index in [1.165, 1.54) is 29.5 Å². The highest BCUT2D eigenvalue weighted by molar-refractivity contribution is 6.33. The largest absolute Gasteiger partial charge is 0.379 e. The van der Waals surface area contributed by atoms with Gasteiger partial charge >= 0.3 is 5.97 Å². The van der Waals surface area contributed by atoms with Crippen LogP contribution in [-0.2, 0) is 14.3 Å². The maximum atomic E-state index is 13.6. The van der Waals surface area contributed by atoms with E-state index in [4.69, 9.17) is 25.9 Å². The second kappa shape index (κ2) is 9.00. The van der Waals surface area contributed by atoms with Crippen molar-refractivity contribution in [2.75, 3.05) is 57.5 Å². The molecule has 0 radical (unpaired) electrons. The number of carbonyl (C=O) groups excluding carboxylic acids is 1. The van der Waals surface area contributed by atoms with E-state index in [1.54, 1.807) is 0 Å². The van der Waals surface area contributed by atoms with Gasteiger partial charge in [-0.2, -0.15) is 0 Å². The smallest absolute Gasteiger partial charge is 0.360 e. The number of nitrogens with zero attached hydrogens (tertiary/aromatic N) is 4. The molecule has 0 spiro atoms.